The van der Waals surface area contributed by atoms with Gasteiger partial charge in [-0.2, -0.15) is 4.72 Å². The number of hydrogen-bond acceptors (Lipinski definition) is 6. The van der Waals surface area contributed by atoms with Crippen molar-refractivity contribution in [2.45, 2.75) is 19.4 Å². The molecule has 2 aromatic heterocycles. The third-order valence-corrected chi connectivity index (χ3v) is 6.28. The number of aromatic nitrogens is 2. The lowest BCUT2D eigenvalue weighted by Crippen LogP contribution is -2.41. The summed E-state index contributed by atoms with van der Waals surface area (Å²) in [6.45, 7) is 2.07. The van der Waals surface area contributed by atoms with Crippen LogP contribution in [0.2, 0.25) is 4.34 Å². The average Bonchev–Trinajstić information content (AvgIpc) is 3.14. The number of nitrogens with one attached hydrogen (secondary N) is 1. The highest BCUT2D eigenvalue weighted by molar-refractivity contribution is 7.92. The Morgan fingerprint density at radius 1 is 1.44 bits per heavy atom. The first-order chi connectivity index (χ1) is 11.9. The van der Waals surface area contributed by atoms with Crippen LogP contribution in [0.4, 0.5) is 5.82 Å². The molecule has 3 heterocycles. The lowest BCUT2D eigenvalue weighted by Gasteiger charge is -2.15. The van der Waals surface area contributed by atoms with Crippen LogP contribution in [0.15, 0.2) is 36.1 Å². The molecule has 2 aromatic rings. The molecule has 0 aromatic carbocycles. The number of nitrogens with zero attached hydrogens (tertiary/aromatic N) is 3. The van der Waals surface area contributed by atoms with Gasteiger partial charge in [0.25, 0.3) is 0 Å². The fraction of sp³-hybridized carbons (Fsp3) is 0.267. The van der Waals surface area contributed by atoms with Gasteiger partial charge in [-0.25, -0.2) is 13.4 Å². The van der Waals surface area contributed by atoms with Gasteiger partial charge >= 0.3 is 0 Å². The first-order valence-corrected chi connectivity index (χ1v) is 10.1. The predicted octanol–water partition coefficient (Wildman–Crippen LogP) is 2.28. The summed E-state index contributed by atoms with van der Waals surface area (Å²) in [5, 5.41) is 1.12. The first kappa shape index (κ1) is 18.0. The van der Waals surface area contributed by atoms with Crippen LogP contribution in [0.1, 0.15) is 18.2 Å². The third-order valence-electron chi connectivity index (χ3n) is 3.63. The van der Waals surface area contributed by atoms with Gasteiger partial charge in [-0.3, -0.25) is 14.7 Å². The molecule has 1 aliphatic rings. The van der Waals surface area contributed by atoms with Gasteiger partial charge in [0.2, 0.25) is 15.9 Å². The van der Waals surface area contributed by atoms with E-state index in [4.69, 9.17) is 11.6 Å². The zero-order valence-electron chi connectivity index (χ0n) is 13.2. The molecule has 0 saturated carbocycles. The lowest BCUT2D eigenvalue weighted by molar-refractivity contribution is -0.118. The van der Waals surface area contributed by atoms with Crippen molar-refractivity contribution in [3.05, 3.63) is 45.3 Å². The van der Waals surface area contributed by atoms with Crippen LogP contribution < -0.4 is 9.62 Å². The minimum atomic E-state index is -3.77. The van der Waals surface area contributed by atoms with Gasteiger partial charge in [0.15, 0.2) is 5.82 Å². The minimum absolute atomic E-state index is 0.339. The van der Waals surface area contributed by atoms with Gasteiger partial charge in [0, 0.05) is 23.8 Å². The van der Waals surface area contributed by atoms with Crippen molar-refractivity contribution in [1.29, 1.82) is 0 Å². The Morgan fingerprint density at radius 2 is 2.24 bits per heavy atom. The summed E-state index contributed by atoms with van der Waals surface area (Å²) < 4.78 is 27.7. The number of anilines is 1. The van der Waals surface area contributed by atoms with Crippen LogP contribution in [-0.4, -0.2) is 36.9 Å². The smallest absolute Gasteiger partial charge is 0.246 e. The third kappa shape index (κ3) is 4.24. The quantitative estimate of drug-likeness (QED) is 0.834. The summed E-state index contributed by atoms with van der Waals surface area (Å²) in [5.74, 6) is 0.0726. The maximum atomic E-state index is 12.4. The molecule has 1 N–H and O–H groups in total. The van der Waals surface area contributed by atoms with Crippen LogP contribution in [0.5, 0.6) is 0 Å². The Morgan fingerprint density at radius 3 is 2.88 bits per heavy atom. The van der Waals surface area contributed by atoms with Gasteiger partial charge in [-0.15, -0.1) is 11.3 Å². The number of rotatable bonds is 5. The van der Waals surface area contributed by atoms with E-state index in [1.54, 1.807) is 19.1 Å². The number of halogens is 1. The maximum absolute atomic E-state index is 12.4. The van der Waals surface area contributed by atoms with E-state index in [2.05, 4.69) is 14.7 Å². The predicted molar refractivity (Wildman–Crippen MR) is 97.8 cm³/mol. The Kier molecular flexibility index (Phi) is 5.19. The number of allylic oxidation sites excluding steroid dienone is 1. The molecular formula is C15H15ClN4O3S2. The molecule has 132 valence electrons. The van der Waals surface area contributed by atoms with E-state index in [1.165, 1.54) is 34.8 Å². The second-order valence-electron chi connectivity index (χ2n) is 5.46. The summed E-state index contributed by atoms with van der Waals surface area (Å²) in [4.78, 5) is 22.6. The molecule has 7 nitrogen and oxygen atoms in total. The summed E-state index contributed by atoms with van der Waals surface area (Å²) in [6, 6.07) is 2.64. The Balaban J connectivity index is 1.72. The number of hydrogen-bond donors (Lipinski definition) is 1. The van der Waals surface area contributed by atoms with Crippen molar-refractivity contribution in [1.82, 2.24) is 14.7 Å². The van der Waals surface area contributed by atoms with Crippen LogP contribution >= 0.6 is 22.9 Å². The molecule has 0 bridgehead atoms. The van der Waals surface area contributed by atoms with Crippen LogP contribution in [0, 0.1) is 0 Å². The molecule has 0 unspecified atom stereocenters. The molecule has 10 heteroatoms. The van der Waals surface area contributed by atoms with E-state index >= 15 is 0 Å². The van der Waals surface area contributed by atoms with Crippen molar-refractivity contribution in [3.8, 4) is 0 Å². The molecule has 0 aliphatic carbocycles. The zero-order chi connectivity index (χ0) is 18.0. The van der Waals surface area contributed by atoms with Crippen molar-refractivity contribution in [2.75, 3.05) is 11.4 Å². The molecular weight excluding hydrogens is 384 g/mol. The van der Waals surface area contributed by atoms with E-state index in [-0.39, 0.29) is 5.91 Å². The Bertz CT molecular complexity index is 912. The molecule has 1 fully saturated rings. The number of thiophene rings is 1. The van der Waals surface area contributed by atoms with Crippen molar-refractivity contribution in [3.63, 3.8) is 0 Å². The van der Waals surface area contributed by atoms with Gasteiger partial charge < -0.3 is 0 Å². The fourth-order valence-electron chi connectivity index (χ4n) is 2.50. The van der Waals surface area contributed by atoms with Crippen molar-refractivity contribution < 1.29 is 13.2 Å². The second kappa shape index (κ2) is 7.20. The number of carbonyl (C=O) groups is 1. The minimum Gasteiger partial charge on any atom is -0.294 e. The van der Waals surface area contributed by atoms with E-state index in [0.29, 0.717) is 28.7 Å². The highest BCUT2D eigenvalue weighted by atomic mass is 35.5. The largest absolute Gasteiger partial charge is 0.294 e. The molecule has 25 heavy (non-hydrogen) atoms. The number of sulfonamides is 1. The average molecular weight is 399 g/mol. The molecule has 1 amide bonds. The van der Waals surface area contributed by atoms with Crippen LogP contribution in [0.3, 0.4) is 0 Å². The summed E-state index contributed by atoms with van der Waals surface area (Å²) in [5.41, 5.74) is 0.556. The van der Waals surface area contributed by atoms with E-state index in [0.717, 1.165) is 10.3 Å². The normalized spacial score (nSPS) is 18.8. The SMILES string of the molecule is C/C(=C\S(=O)(=O)N[C@H]1CCN(c2cnccn2)C1=O)c1ccc(Cl)s1. The zero-order valence-corrected chi connectivity index (χ0v) is 15.6. The maximum Gasteiger partial charge on any atom is 0.246 e. The molecule has 0 spiro atoms. The molecule has 1 atom stereocenters. The van der Waals surface area contributed by atoms with Gasteiger partial charge in [0.1, 0.15) is 6.04 Å². The number of carbonyl (C=O) groups excluding carboxylic acids is 1. The van der Waals surface area contributed by atoms with Gasteiger partial charge in [0.05, 0.1) is 15.9 Å². The molecule has 0 radical (unpaired) electrons. The van der Waals surface area contributed by atoms with Gasteiger partial charge in [-0.05, 0) is 31.1 Å². The Labute approximate surface area is 154 Å². The van der Waals surface area contributed by atoms with Crippen molar-refractivity contribution >= 4 is 50.3 Å². The highest BCUT2D eigenvalue weighted by Crippen LogP contribution is 2.28. The lowest BCUT2D eigenvalue weighted by atomic mass is 10.3. The Hall–Kier alpha value is -1.81. The standard InChI is InChI=1S/C15H15ClN4O3S2/c1-10(12-2-3-13(16)24-12)9-25(22,23)19-11-4-7-20(15(11)21)14-8-17-5-6-18-14/h2-3,5-6,8-9,11,19H,4,7H2,1H3/b10-9+/t11-/m0/s1. The van der Waals surface area contributed by atoms with E-state index < -0.39 is 16.1 Å². The first-order valence-electron chi connectivity index (χ1n) is 7.39. The fourth-order valence-corrected chi connectivity index (χ4v) is 4.86. The van der Waals surface area contributed by atoms with E-state index in [9.17, 15) is 13.2 Å². The topological polar surface area (TPSA) is 92.3 Å². The monoisotopic (exact) mass is 398 g/mol. The van der Waals surface area contributed by atoms with E-state index in [1.807, 2.05) is 0 Å². The van der Waals surface area contributed by atoms with Crippen molar-refractivity contribution in [2.24, 2.45) is 0 Å². The van der Waals surface area contributed by atoms with Crippen LogP contribution in [0.25, 0.3) is 5.57 Å². The summed E-state index contributed by atoms with van der Waals surface area (Å²) >= 11 is 7.16. The second-order valence-corrected chi connectivity index (χ2v) is 8.74. The molecule has 1 saturated heterocycles. The summed E-state index contributed by atoms with van der Waals surface area (Å²) in [7, 11) is -3.77. The van der Waals surface area contributed by atoms with Crippen LogP contribution in [-0.2, 0) is 14.8 Å². The molecule has 1 aliphatic heterocycles. The number of amides is 1. The molecule has 3 rings (SSSR count). The highest BCUT2D eigenvalue weighted by Gasteiger charge is 2.35. The van der Waals surface area contributed by atoms with Gasteiger partial charge in [-0.1, -0.05) is 11.6 Å². The summed E-state index contributed by atoms with van der Waals surface area (Å²) in [6.07, 6.45) is 4.83.